The molecule has 106 valence electrons. The van der Waals surface area contributed by atoms with Crippen molar-refractivity contribution in [3.8, 4) is 27.6 Å². The van der Waals surface area contributed by atoms with Crippen molar-refractivity contribution < 1.29 is 9.13 Å². The number of thiazole rings is 1. The van der Waals surface area contributed by atoms with Crippen LogP contribution in [-0.2, 0) is 0 Å². The Morgan fingerprint density at radius 1 is 1.14 bits per heavy atom. The summed E-state index contributed by atoms with van der Waals surface area (Å²) in [5.41, 5.74) is 2.80. The van der Waals surface area contributed by atoms with E-state index in [4.69, 9.17) is 4.74 Å². The molecule has 0 aliphatic rings. The van der Waals surface area contributed by atoms with E-state index in [9.17, 15) is 4.39 Å². The Morgan fingerprint density at radius 2 is 1.90 bits per heavy atom. The number of hydrogen-bond donors (Lipinski definition) is 0. The van der Waals surface area contributed by atoms with Crippen LogP contribution in [0.5, 0.6) is 5.75 Å². The summed E-state index contributed by atoms with van der Waals surface area (Å²) in [5.74, 6) is 0.549. The smallest absolute Gasteiger partial charge is 0.124 e. The normalized spacial score (nSPS) is 10.6. The highest BCUT2D eigenvalue weighted by Crippen LogP contribution is 2.34. The number of aromatic nitrogens is 1. The van der Waals surface area contributed by atoms with Gasteiger partial charge in [-0.25, -0.2) is 9.37 Å². The molecule has 0 atom stereocenters. The van der Waals surface area contributed by atoms with Gasteiger partial charge < -0.3 is 4.74 Å². The third kappa shape index (κ3) is 2.99. The molecule has 0 bridgehead atoms. The van der Waals surface area contributed by atoms with E-state index in [-0.39, 0.29) is 5.82 Å². The Balaban J connectivity index is 1.96. The van der Waals surface area contributed by atoms with Gasteiger partial charge in [-0.3, -0.25) is 0 Å². The van der Waals surface area contributed by atoms with Crippen LogP contribution in [0.3, 0.4) is 0 Å². The van der Waals surface area contributed by atoms with Crippen molar-refractivity contribution in [2.75, 3.05) is 7.11 Å². The molecule has 0 amide bonds. The lowest BCUT2D eigenvalue weighted by Gasteiger charge is -2.04. The second kappa shape index (κ2) is 5.95. The molecule has 1 heterocycles. The van der Waals surface area contributed by atoms with Gasteiger partial charge in [0.05, 0.1) is 12.8 Å². The fourth-order valence-corrected chi connectivity index (χ4v) is 3.34. The lowest BCUT2D eigenvalue weighted by molar-refractivity contribution is 0.414. The minimum Gasteiger partial charge on any atom is -0.497 e. The Hall–Kier alpha value is -1.72. The lowest BCUT2D eigenvalue weighted by Crippen LogP contribution is -1.85. The molecule has 2 aromatic carbocycles. The SMILES string of the molecule is COc1ccc(-c2csc(-c3ccc(F)cc3)n2)c(Br)c1. The first-order chi connectivity index (χ1) is 10.2. The molecule has 5 heteroatoms. The molecular weight excluding hydrogens is 353 g/mol. The summed E-state index contributed by atoms with van der Waals surface area (Å²) in [6, 6.07) is 12.1. The number of benzene rings is 2. The summed E-state index contributed by atoms with van der Waals surface area (Å²) >= 11 is 5.07. The molecule has 0 aliphatic heterocycles. The number of nitrogens with zero attached hydrogens (tertiary/aromatic N) is 1. The molecule has 1 aromatic heterocycles. The maximum atomic E-state index is 13.0. The van der Waals surface area contributed by atoms with Gasteiger partial charge in [0, 0.05) is 21.0 Å². The van der Waals surface area contributed by atoms with Crippen LogP contribution in [0.15, 0.2) is 52.3 Å². The van der Waals surface area contributed by atoms with Gasteiger partial charge >= 0.3 is 0 Å². The van der Waals surface area contributed by atoms with Crippen molar-refractivity contribution in [3.63, 3.8) is 0 Å². The fourth-order valence-electron chi connectivity index (χ4n) is 1.95. The standard InChI is InChI=1S/C16H11BrFNOS/c1-20-12-6-7-13(14(17)8-12)15-9-21-16(19-15)10-2-4-11(18)5-3-10/h2-9H,1H3. The van der Waals surface area contributed by atoms with Crippen LogP contribution >= 0.6 is 27.3 Å². The number of rotatable bonds is 3. The number of halogens is 2. The van der Waals surface area contributed by atoms with Crippen molar-refractivity contribution in [1.82, 2.24) is 4.98 Å². The van der Waals surface area contributed by atoms with E-state index in [0.717, 1.165) is 32.1 Å². The molecule has 0 saturated heterocycles. The molecule has 0 spiro atoms. The average molecular weight is 364 g/mol. The third-order valence-corrected chi connectivity index (χ3v) is 4.60. The second-order valence-electron chi connectivity index (χ2n) is 4.39. The van der Waals surface area contributed by atoms with E-state index in [1.807, 2.05) is 23.6 Å². The highest BCUT2D eigenvalue weighted by atomic mass is 79.9. The lowest BCUT2D eigenvalue weighted by atomic mass is 10.1. The Morgan fingerprint density at radius 3 is 2.57 bits per heavy atom. The van der Waals surface area contributed by atoms with Crippen LogP contribution in [0.4, 0.5) is 4.39 Å². The van der Waals surface area contributed by atoms with Crippen LogP contribution in [0, 0.1) is 5.82 Å². The molecule has 2 nitrogen and oxygen atoms in total. The molecular formula is C16H11BrFNOS. The summed E-state index contributed by atoms with van der Waals surface area (Å²) in [4.78, 5) is 4.62. The summed E-state index contributed by atoms with van der Waals surface area (Å²) < 4.78 is 19.1. The molecule has 0 radical (unpaired) electrons. The maximum absolute atomic E-state index is 13.0. The molecule has 0 fully saturated rings. The average Bonchev–Trinajstić information content (AvgIpc) is 2.97. The molecule has 0 saturated carbocycles. The van der Waals surface area contributed by atoms with E-state index < -0.39 is 0 Å². The minimum absolute atomic E-state index is 0.242. The van der Waals surface area contributed by atoms with Gasteiger partial charge in [-0.2, -0.15) is 0 Å². The highest BCUT2D eigenvalue weighted by Gasteiger charge is 2.10. The van der Waals surface area contributed by atoms with Gasteiger partial charge in [-0.15, -0.1) is 11.3 Å². The summed E-state index contributed by atoms with van der Waals surface area (Å²) in [7, 11) is 1.64. The van der Waals surface area contributed by atoms with Gasteiger partial charge in [0.2, 0.25) is 0 Å². The van der Waals surface area contributed by atoms with Gasteiger partial charge in [-0.1, -0.05) is 0 Å². The van der Waals surface area contributed by atoms with Gasteiger partial charge in [0.25, 0.3) is 0 Å². The molecule has 0 N–H and O–H groups in total. The molecule has 3 aromatic rings. The minimum atomic E-state index is -0.242. The van der Waals surface area contributed by atoms with E-state index in [1.165, 1.54) is 23.5 Å². The summed E-state index contributed by atoms with van der Waals surface area (Å²) in [5, 5.41) is 2.86. The predicted molar refractivity (Wildman–Crippen MR) is 87.2 cm³/mol. The van der Waals surface area contributed by atoms with Gasteiger partial charge in [-0.05, 0) is 58.4 Å². The first kappa shape index (κ1) is 14.2. The van der Waals surface area contributed by atoms with Crippen LogP contribution < -0.4 is 4.74 Å². The van der Waals surface area contributed by atoms with Crippen molar-refractivity contribution >= 4 is 27.3 Å². The molecule has 0 aliphatic carbocycles. The molecule has 0 unspecified atom stereocenters. The summed E-state index contributed by atoms with van der Waals surface area (Å²) in [6.45, 7) is 0. The van der Waals surface area contributed by atoms with E-state index in [1.54, 1.807) is 19.2 Å². The van der Waals surface area contributed by atoms with Crippen molar-refractivity contribution in [3.05, 3.63) is 58.1 Å². The zero-order valence-corrected chi connectivity index (χ0v) is 13.5. The largest absolute Gasteiger partial charge is 0.497 e. The zero-order valence-electron chi connectivity index (χ0n) is 11.1. The summed E-state index contributed by atoms with van der Waals surface area (Å²) in [6.07, 6.45) is 0. The number of hydrogen-bond acceptors (Lipinski definition) is 3. The van der Waals surface area contributed by atoms with E-state index >= 15 is 0 Å². The molecule has 3 rings (SSSR count). The topological polar surface area (TPSA) is 22.1 Å². The maximum Gasteiger partial charge on any atom is 0.124 e. The fraction of sp³-hybridized carbons (Fsp3) is 0.0625. The molecule has 21 heavy (non-hydrogen) atoms. The monoisotopic (exact) mass is 363 g/mol. The first-order valence-electron chi connectivity index (χ1n) is 6.23. The number of methoxy groups -OCH3 is 1. The van der Waals surface area contributed by atoms with Crippen LogP contribution in [0.1, 0.15) is 0 Å². The van der Waals surface area contributed by atoms with Crippen molar-refractivity contribution in [2.24, 2.45) is 0 Å². The Bertz CT molecular complexity index is 770. The zero-order chi connectivity index (χ0) is 14.8. The van der Waals surface area contributed by atoms with Gasteiger partial charge in [0.1, 0.15) is 16.6 Å². The number of ether oxygens (including phenoxy) is 1. The van der Waals surface area contributed by atoms with E-state index in [2.05, 4.69) is 20.9 Å². The van der Waals surface area contributed by atoms with Crippen LogP contribution in [0.25, 0.3) is 21.8 Å². The second-order valence-corrected chi connectivity index (χ2v) is 6.10. The highest BCUT2D eigenvalue weighted by molar-refractivity contribution is 9.10. The Labute approximate surface area is 134 Å². The quantitative estimate of drug-likeness (QED) is 0.622. The van der Waals surface area contributed by atoms with Gasteiger partial charge in [0.15, 0.2) is 0 Å². The first-order valence-corrected chi connectivity index (χ1v) is 7.90. The van der Waals surface area contributed by atoms with E-state index in [0.29, 0.717) is 0 Å². The van der Waals surface area contributed by atoms with Crippen molar-refractivity contribution in [1.29, 1.82) is 0 Å². The predicted octanol–water partition coefficient (Wildman–Crippen LogP) is 5.39. The van der Waals surface area contributed by atoms with Crippen LogP contribution in [-0.4, -0.2) is 12.1 Å². The third-order valence-electron chi connectivity index (χ3n) is 3.05. The Kier molecular flexibility index (Phi) is 4.03. The van der Waals surface area contributed by atoms with Crippen molar-refractivity contribution in [2.45, 2.75) is 0 Å². The van der Waals surface area contributed by atoms with Crippen LogP contribution in [0.2, 0.25) is 0 Å².